The van der Waals surface area contributed by atoms with Crippen molar-refractivity contribution in [2.75, 3.05) is 54.1 Å². The minimum atomic E-state index is -0.306. The molecule has 3 rings (SSSR count). The average molecular weight is 423 g/mol. The minimum absolute atomic E-state index is 0.188. The highest BCUT2D eigenvalue weighted by Crippen LogP contribution is 2.23. The maximum absolute atomic E-state index is 13.9. The molecule has 2 saturated heterocycles. The number of nitrogens with zero attached hydrogens (tertiary/aromatic N) is 2. The molecule has 8 heteroatoms. The topological polar surface area (TPSA) is 67.4 Å². The van der Waals surface area contributed by atoms with E-state index in [1.807, 2.05) is 6.07 Å². The van der Waals surface area contributed by atoms with Crippen molar-refractivity contribution in [3.63, 3.8) is 0 Å². The van der Waals surface area contributed by atoms with E-state index in [0.29, 0.717) is 12.6 Å². The van der Waals surface area contributed by atoms with Crippen molar-refractivity contribution in [2.24, 2.45) is 4.99 Å². The highest BCUT2D eigenvalue weighted by molar-refractivity contribution is 5.80. The number of nitrogens with one attached hydrogen (secondary N) is 2. The largest absolute Gasteiger partial charge is 0.494 e. The fourth-order valence-electron chi connectivity index (χ4n) is 4.13. The van der Waals surface area contributed by atoms with E-state index in [0.717, 1.165) is 70.1 Å². The van der Waals surface area contributed by atoms with Gasteiger partial charge in [0.2, 0.25) is 0 Å². The van der Waals surface area contributed by atoms with Gasteiger partial charge in [-0.3, -0.25) is 9.89 Å². The van der Waals surface area contributed by atoms with Crippen LogP contribution >= 0.6 is 0 Å². The number of hydrogen-bond donors (Lipinski definition) is 2. The second kappa shape index (κ2) is 10.9. The number of likely N-dealkylation sites (tertiary alicyclic amines) is 1. The van der Waals surface area contributed by atoms with Gasteiger partial charge in [0.1, 0.15) is 0 Å². The van der Waals surface area contributed by atoms with Crippen molar-refractivity contribution in [3.8, 4) is 5.75 Å². The average Bonchev–Trinajstić information content (AvgIpc) is 2.78. The van der Waals surface area contributed by atoms with E-state index >= 15 is 0 Å². The Morgan fingerprint density at radius 1 is 1.27 bits per heavy atom. The maximum Gasteiger partial charge on any atom is 0.191 e. The van der Waals surface area contributed by atoms with Crippen LogP contribution in [0.3, 0.4) is 0 Å². The van der Waals surface area contributed by atoms with Crippen molar-refractivity contribution in [1.29, 1.82) is 0 Å². The molecule has 30 heavy (non-hydrogen) atoms. The van der Waals surface area contributed by atoms with Crippen LogP contribution in [0.4, 0.5) is 4.39 Å². The number of hydrogen-bond acceptors (Lipinski definition) is 5. The van der Waals surface area contributed by atoms with Crippen LogP contribution in [0.5, 0.6) is 5.75 Å². The van der Waals surface area contributed by atoms with E-state index in [1.165, 1.54) is 7.11 Å². The third kappa shape index (κ3) is 6.06. The molecule has 1 aromatic rings. The maximum atomic E-state index is 13.9. The Morgan fingerprint density at radius 2 is 2.00 bits per heavy atom. The molecule has 0 aliphatic carbocycles. The van der Waals surface area contributed by atoms with Gasteiger partial charge in [0.15, 0.2) is 17.5 Å². The summed E-state index contributed by atoms with van der Waals surface area (Å²) in [5.74, 6) is 0.796. The monoisotopic (exact) mass is 422 g/mol. The quantitative estimate of drug-likeness (QED) is 0.519. The molecule has 0 amide bonds. The summed E-state index contributed by atoms with van der Waals surface area (Å²) in [5, 5.41) is 6.98. The van der Waals surface area contributed by atoms with Crippen LogP contribution in [0, 0.1) is 5.82 Å². The predicted molar refractivity (Wildman–Crippen MR) is 116 cm³/mol. The molecule has 168 valence electrons. The summed E-state index contributed by atoms with van der Waals surface area (Å²) in [6.07, 6.45) is 3.81. The molecule has 2 heterocycles. The first-order valence-corrected chi connectivity index (χ1v) is 10.7. The molecule has 0 unspecified atom stereocenters. The molecular formula is C22H35FN4O3. The highest BCUT2D eigenvalue weighted by atomic mass is 19.1. The van der Waals surface area contributed by atoms with Crippen molar-refractivity contribution < 1.29 is 18.6 Å². The van der Waals surface area contributed by atoms with Crippen LogP contribution in [-0.4, -0.2) is 76.6 Å². The van der Waals surface area contributed by atoms with Crippen molar-refractivity contribution in [2.45, 2.75) is 43.9 Å². The Balaban J connectivity index is 1.43. The minimum Gasteiger partial charge on any atom is -0.494 e. The van der Waals surface area contributed by atoms with Gasteiger partial charge in [-0.25, -0.2) is 4.39 Å². The van der Waals surface area contributed by atoms with Gasteiger partial charge in [0, 0.05) is 72.4 Å². The Bertz CT molecular complexity index is 702. The Kier molecular flexibility index (Phi) is 8.30. The molecule has 0 saturated carbocycles. The van der Waals surface area contributed by atoms with Gasteiger partial charge in [-0.05, 0) is 30.5 Å². The molecule has 0 bridgehead atoms. The first kappa shape index (κ1) is 22.8. The normalized spacial score (nSPS) is 20.7. The number of ether oxygens (including phenoxy) is 3. The SMILES string of the molecule is CN=C(NCC1(OC)CCOCC1)NC1CCN(Cc2ccc(OC)c(F)c2)CC1. The number of halogens is 1. The molecule has 7 nitrogen and oxygen atoms in total. The predicted octanol–water partition coefficient (Wildman–Crippen LogP) is 2.16. The Hall–Kier alpha value is -1.90. The van der Waals surface area contributed by atoms with E-state index in [2.05, 4.69) is 20.5 Å². The van der Waals surface area contributed by atoms with Crippen LogP contribution in [0.25, 0.3) is 0 Å². The number of piperidine rings is 1. The van der Waals surface area contributed by atoms with E-state index < -0.39 is 0 Å². The lowest BCUT2D eigenvalue weighted by atomic mass is 9.94. The van der Waals surface area contributed by atoms with Crippen LogP contribution in [0.1, 0.15) is 31.2 Å². The van der Waals surface area contributed by atoms with Crippen molar-refractivity contribution in [1.82, 2.24) is 15.5 Å². The summed E-state index contributed by atoms with van der Waals surface area (Å²) in [5.41, 5.74) is 0.783. The molecule has 0 atom stereocenters. The molecule has 0 spiro atoms. The van der Waals surface area contributed by atoms with Gasteiger partial charge < -0.3 is 24.8 Å². The summed E-state index contributed by atoms with van der Waals surface area (Å²) in [4.78, 5) is 6.74. The van der Waals surface area contributed by atoms with Gasteiger partial charge in [0.05, 0.1) is 12.7 Å². The molecule has 2 N–H and O–H groups in total. The summed E-state index contributed by atoms with van der Waals surface area (Å²) in [6.45, 7) is 4.85. The molecule has 0 radical (unpaired) electrons. The number of guanidine groups is 1. The van der Waals surface area contributed by atoms with Crippen LogP contribution in [0.2, 0.25) is 0 Å². The van der Waals surface area contributed by atoms with E-state index in [-0.39, 0.29) is 17.2 Å². The van der Waals surface area contributed by atoms with Crippen molar-refractivity contribution >= 4 is 5.96 Å². The van der Waals surface area contributed by atoms with E-state index in [4.69, 9.17) is 14.2 Å². The second-order valence-corrected chi connectivity index (χ2v) is 8.09. The lowest BCUT2D eigenvalue weighted by Crippen LogP contribution is -2.53. The summed E-state index contributed by atoms with van der Waals surface area (Å²) in [6, 6.07) is 5.56. The van der Waals surface area contributed by atoms with Gasteiger partial charge >= 0.3 is 0 Å². The zero-order valence-corrected chi connectivity index (χ0v) is 18.4. The zero-order chi connectivity index (χ0) is 21.4. The van der Waals surface area contributed by atoms with Gasteiger partial charge in [-0.1, -0.05) is 6.07 Å². The second-order valence-electron chi connectivity index (χ2n) is 8.09. The highest BCUT2D eigenvalue weighted by Gasteiger charge is 2.32. The van der Waals surface area contributed by atoms with Crippen LogP contribution in [-0.2, 0) is 16.0 Å². The molecule has 2 aliphatic rings. The fourth-order valence-corrected chi connectivity index (χ4v) is 4.13. The number of rotatable bonds is 7. The summed E-state index contributed by atoms with van der Waals surface area (Å²) >= 11 is 0. The summed E-state index contributed by atoms with van der Waals surface area (Å²) in [7, 11) is 5.05. The van der Waals surface area contributed by atoms with Crippen LogP contribution in [0.15, 0.2) is 23.2 Å². The standard InChI is InChI=1S/C22H35FN4O3/c1-24-21(25-16-22(29-3)8-12-30-13-9-22)26-18-6-10-27(11-7-18)15-17-4-5-20(28-2)19(23)14-17/h4-5,14,18H,6-13,15-16H2,1-3H3,(H2,24,25,26). The summed E-state index contributed by atoms with van der Waals surface area (Å²) < 4.78 is 30.2. The molecule has 2 aliphatic heterocycles. The number of aliphatic imine (C=N–C) groups is 1. The number of benzene rings is 1. The van der Waals surface area contributed by atoms with E-state index in [1.54, 1.807) is 26.3 Å². The Labute approximate surface area is 179 Å². The van der Waals surface area contributed by atoms with Crippen molar-refractivity contribution in [3.05, 3.63) is 29.6 Å². The molecule has 2 fully saturated rings. The fraction of sp³-hybridized carbons (Fsp3) is 0.682. The number of methoxy groups -OCH3 is 2. The molecule has 0 aromatic heterocycles. The molecular weight excluding hydrogens is 387 g/mol. The van der Waals surface area contributed by atoms with Gasteiger partial charge in [0.25, 0.3) is 0 Å². The smallest absolute Gasteiger partial charge is 0.191 e. The first-order valence-electron chi connectivity index (χ1n) is 10.7. The lowest BCUT2D eigenvalue weighted by molar-refractivity contribution is -0.0855. The first-order chi connectivity index (χ1) is 14.6. The lowest BCUT2D eigenvalue weighted by Gasteiger charge is -2.37. The Morgan fingerprint density at radius 3 is 2.60 bits per heavy atom. The van der Waals surface area contributed by atoms with Crippen LogP contribution < -0.4 is 15.4 Å². The third-order valence-corrected chi connectivity index (χ3v) is 6.19. The zero-order valence-electron chi connectivity index (χ0n) is 18.4. The molecule has 1 aromatic carbocycles. The van der Waals surface area contributed by atoms with Gasteiger partial charge in [-0.15, -0.1) is 0 Å². The third-order valence-electron chi connectivity index (χ3n) is 6.19. The van der Waals surface area contributed by atoms with Gasteiger partial charge in [-0.2, -0.15) is 0 Å². The van der Waals surface area contributed by atoms with E-state index in [9.17, 15) is 4.39 Å².